The molecule has 0 aliphatic carbocycles. The van der Waals surface area contributed by atoms with Gasteiger partial charge in [0.05, 0.1) is 32.0 Å². The van der Waals surface area contributed by atoms with Crippen LogP contribution < -0.4 is 4.74 Å². The summed E-state index contributed by atoms with van der Waals surface area (Å²) < 4.78 is 56.0. The maximum absolute atomic E-state index is 6.98. The molecule has 4 rings (SSSR count). The van der Waals surface area contributed by atoms with Gasteiger partial charge in [-0.1, -0.05) is 32.9 Å². The van der Waals surface area contributed by atoms with Crippen molar-refractivity contribution in [2.45, 2.75) is 141 Å². The van der Waals surface area contributed by atoms with Gasteiger partial charge in [0.25, 0.3) is 0 Å². The van der Waals surface area contributed by atoms with Crippen LogP contribution in [-0.2, 0) is 44.2 Å². The van der Waals surface area contributed by atoms with E-state index in [4.69, 9.17) is 42.3 Å². The summed E-state index contributed by atoms with van der Waals surface area (Å²) in [6, 6.07) is 7.92. The molecule has 0 unspecified atom stereocenters. The normalized spacial score (nSPS) is 36.3. The first-order valence-electron chi connectivity index (χ1n) is 14.4. The predicted molar refractivity (Wildman–Crippen MR) is 153 cm³/mol. The fourth-order valence-electron chi connectivity index (χ4n) is 5.38. The molecule has 3 aliphatic rings. The van der Waals surface area contributed by atoms with E-state index in [1.165, 1.54) is 0 Å². The second kappa shape index (κ2) is 12.3. The molecule has 9 nitrogen and oxygen atoms in total. The lowest BCUT2D eigenvalue weighted by Gasteiger charge is -2.47. The van der Waals surface area contributed by atoms with E-state index in [0.717, 1.165) is 11.3 Å². The van der Waals surface area contributed by atoms with Crippen molar-refractivity contribution in [1.29, 1.82) is 0 Å². The molecule has 0 aromatic heterocycles. The topological polar surface area (TPSA) is 83.1 Å². The number of ether oxygens (including phenoxy) is 8. The molecule has 9 atom stereocenters. The zero-order valence-corrected chi connectivity index (χ0v) is 27.1. The molecule has 1 aromatic carbocycles. The molecular weight excluding hydrogens is 532 g/mol. The van der Waals surface area contributed by atoms with Crippen LogP contribution in [0.5, 0.6) is 5.75 Å². The molecule has 10 heteroatoms. The Bertz CT molecular complexity index is 963. The summed E-state index contributed by atoms with van der Waals surface area (Å²) in [4.78, 5) is 0. The quantitative estimate of drug-likeness (QED) is 0.355. The smallest absolute Gasteiger partial charge is 0.192 e. The third-order valence-corrected chi connectivity index (χ3v) is 13.1. The molecule has 1 aromatic rings. The van der Waals surface area contributed by atoms with E-state index in [1.807, 2.05) is 52.0 Å². The van der Waals surface area contributed by atoms with Crippen LogP contribution in [0.3, 0.4) is 0 Å². The molecule has 3 saturated heterocycles. The van der Waals surface area contributed by atoms with Crippen molar-refractivity contribution < 1.29 is 42.3 Å². The van der Waals surface area contributed by atoms with Gasteiger partial charge in [0.1, 0.15) is 30.2 Å². The van der Waals surface area contributed by atoms with E-state index >= 15 is 0 Å². The van der Waals surface area contributed by atoms with Crippen molar-refractivity contribution in [1.82, 2.24) is 0 Å². The number of hydrogen-bond acceptors (Lipinski definition) is 9. The first kappa shape index (κ1) is 31.8. The first-order valence-corrected chi connectivity index (χ1v) is 17.3. The highest BCUT2D eigenvalue weighted by Gasteiger charge is 2.56. The standard InChI is InChI=1S/C30H50O9Si/c1-18-24(33-17-20-12-14-21(31-8)15-13-20)22(39-40(10,11)29(3,4)5)16-23(34-18)36-25-19(2)35-28(32-9)27-26(25)37-30(6,7)38-27/h12-15,18-19,22-28H,16-17H2,1-11H3/t18-,19+,22+,23+,24-,25+,26-,27-,28-/m1/s1. The van der Waals surface area contributed by atoms with Gasteiger partial charge in [-0.3, -0.25) is 0 Å². The van der Waals surface area contributed by atoms with Gasteiger partial charge < -0.3 is 42.3 Å². The fraction of sp³-hybridized carbons (Fsp3) is 0.800. The monoisotopic (exact) mass is 582 g/mol. The summed E-state index contributed by atoms with van der Waals surface area (Å²) in [5.74, 6) is 0.0493. The predicted octanol–water partition coefficient (Wildman–Crippen LogP) is 5.40. The average molecular weight is 583 g/mol. The summed E-state index contributed by atoms with van der Waals surface area (Å²) in [5, 5.41) is 0.0418. The molecule has 3 heterocycles. The van der Waals surface area contributed by atoms with Crippen LogP contribution in [0.2, 0.25) is 18.1 Å². The van der Waals surface area contributed by atoms with Crippen molar-refractivity contribution in [2.24, 2.45) is 0 Å². The van der Waals surface area contributed by atoms with Crippen LogP contribution in [0.1, 0.15) is 60.5 Å². The van der Waals surface area contributed by atoms with Gasteiger partial charge in [0, 0.05) is 13.5 Å². The van der Waals surface area contributed by atoms with Gasteiger partial charge in [-0.15, -0.1) is 0 Å². The maximum Gasteiger partial charge on any atom is 0.192 e. The number of methoxy groups -OCH3 is 2. The summed E-state index contributed by atoms with van der Waals surface area (Å²) in [6.07, 6.45) is -2.68. The lowest BCUT2D eigenvalue weighted by Crippen LogP contribution is -2.60. The second-order valence-electron chi connectivity index (χ2n) is 13.2. The minimum Gasteiger partial charge on any atom is -0.497 e. The molecule has 0 radical (unpaired) electrons. The average Bonchev–Trinajstić information content (AvgIpc) is 3.19. The van der Waals surface area contributed by atoms with Gasteiger partial charge in [0.15, 0.2) is 26.7 Å². The molecule has 0 saturated carbocycles. The first-order chi connectivity index (χ1) is 18.6. The number of rotatable bonds is 9. The fourth-order valence-corrected chi connectivity index (χ4v) is 6.72. The van der Waals surface area contributed by atoms with Crippen molar-refractivity contribution in [3.8, 4) is 5.75 Å². The Balaban J connectivity index is 1.51. The van der Waals surface area contributed by atoms with Gasteiger partial charge in [0.2, 0.25) is 0 Å². The molecule has 3 aliphatic heterocycles. The van der Waals surface area contributed by atoms with Crippen molar-refractivity contribution in [3.63, 3.8) is 0 Å². The Labute approximate surface area is 241 Å². The lowest BCUT2D eigenvalue weighted by molar-refractivity contribution is -0.318. The molecule has 0 bridgehead atoms. The Morgan fingerprint density at radius 1 is 0.925 bits per heavy atom. The van der Waals surface area contributed by atoms with Gasteiger partial charge in [-0.25, -0.2) is 0 Å². The molecular formula is C30H50O9Si. The highest BCUT2D eigenvalue weighted by molar-refractivity contribution is 6.74. The van der Waals surface area contributed by atoms with E-state index in [0.29, 0.717) is 13.0 Å². The molecule has 3 fully saturated rings. The van der Waals surface area contributed by atoms with Crippen LogP contribution in [-0.4, -0.2) is 83.6 Å². The SMILES string of the molecule is COc1ccc(CO[C@H]2[C@@H](O[Si](C)(C)C(C)(C)C)C[C@H](O[C@@H]3[C@H]4OC(C)(C)O[C@H]4[C@H](OC)O[C@H]3C)O[C@@H]2C)cc1. The number of benzene rings is 1. The van der Waals surface area contributed by atoms with Crippen LogP contribution in [0, 0.1) is 0 Å². The molecule has 0 N–H and O–H groups in total. The highest BCUT2D eigenvalue weighted by atomic mass is 28.4. The summed E-state index contributed by atoms with van der Waals surface area (Å²) in [7, 11) is 1.15. The third-order valence-electron chi connectivity index (χ3n) is 8.58. The van der Waals surface area contributed by atoms with Crippen LogP contribution in [0.15, 0.2) is 24.3 Å². The van der Waals surface area contributed by atoms with Gasteiger partial charge in [-0.05, 0) is 63.5 Å². The Kier molecular flexibility index (Phi) is 9.76. The van der Waals surface area contributed by atoms with E-state index in [1.54, 1.807) is 14.2 Å². The van der Waals surface area contributed by atoms with Crippen LogP contribution >= 0.6 is 0 Å². The minimum absolute atomic E-state index is 0.0418. The van der Waals surface area contributed by atoms with Crippen LogP contribution in [0.25, 0.3) is 0 Å². The molecule has 40 heavy (non-hydrogen) atoms. The Hall–Kier alpha value is -1.08. The van der Waals surface area contributed by atoms with Crippen molar-refractivity contribution in [3.05, 3.63) is 29.8 Å². The van der Waals surface area contributed by atoms with E-state index in [9.17, 15) is 0 Å². The van der Waals surface area contributed by atoms with Gasteiger partial charge in [-0.2, -0.15) is 0 Å². The third kappa shape index (κ3) is 7.10. The molecule has 0 spiro atoms. The number of fused-ring (bicyclic) bond motifs is 1. The van der Waals surface area contributed by atoms with E-state index < -0.39 is 38.9 Å². The zero-order chi connectivity index (χ0) is 29.5. The lowest BCUT2D eigenvalue weighted by atomic mass is 9.98. The van der Waals surface area contributed by atoms with E-state index in [2.05, 4.69) is 33.9 Å². The summed E-state index contributed by atoms with van der Waals surface area (Å²) >= 11 is 0. The van der Waals surface area contributed by atoms with Crippen molar-refractivity contribution >= 4 is 8.32 Å². The van der Waals surface area contributed by atoms with Crippen LogP contribution in [0.4, 0.5) is 0 Å². The zero-order valence-electron chi connectivity index (χ0n) is 26.1. The second-order valence-corrected chi connectivity index (χ2v) is 17.9. The number of hydrogen-bond donors (Lipinski definition) is 0. The summed E-state index contributed by atoms with van der Waals surface area (Å²) in [5.41, 5.74) is 1.06. The molecule has 228 valence electrons. The highest BCUT2D eigenvalue weighted by Crippen LogP contribution is 2.42. The van der Waals surface area contributed by atoms with Crippen molar-refractivity contribution in [2.75, 3.05) is 14.2 Å². The Morgan fingerprint density at radius 2 is 1.55 bits per heavy atom. The maximum atomic E-state index is 6.98. The largest absolute Gasteiger partial charge is 0.497 e. The van der Waals surface area contributed by atoms with E-state index in [-0.39, 0.29) is 35.6 Å². The molecule has 0 amide bonds. The minimum atomic E-state index is -2.13. The Morgan fingerprint density at radius 3 is 2.15 bits per heavy atom. The van der Waals surface area contributed by atoms with Gasteiger partial charge >= 0.3 is 0 Å². The summed E-state index contributed by atoms with van der Waals surface area (Å²) in [6.45, 7) is 19.5.